The van der Waals surface area contributed by atoms with Gasteiger partial charge >= 0.3 is 0 Å². The van der Waals surface area contributed by atoms with E-state index >= 15 is 0 Å². The maximum atomic E-state index is 10.2. The van der Waals surface area contributed by atoms with Gasteiger partial charge in [-0.25, -0.2) is 4.98 Å². The molecule has 1 atom stereocenters. The maximum Gasteiger partial charge on any atom is 0.138 e. The Morgan fingerprint density at radius 3 is 2.84 bits per heavy atom. The number of aryl methyl sites for hydroxylation is 2. The van der Waals surface area contributed by atoms with Gasteiger partial charge in [-0.05, 0) is 56.8 Å². The molecule has 2 aliphatic rings. The smallest absolute Gasteiger partial charge is 0.138 e. The van der Waals surface area contributed by atoms with E-state index in [9.17, 15) is 5.11 Å². The normalized spacial score (nSPS) is 21.8. The number of aromatic hydroxyl groups is 1. The third-order valence-corrected chi connectivity index (χ3v) is 5.89. The number of nitrogens with one attached hydrogen (secondary N) is 1. The summed E-state index contributed by atoms with van der Waals surface area (Å²) >= 11 is 0. The zero-order valence-corrected chi connectivity index (χ0v) is 15.1. The summed E-state index contributed by atoms with van der Waals surface area (Å²) in [6.07, 6.45) is 7.56. The number of aromatic nitrogens is 3. The average Bonchev–Trinajstić information content (AvgIpc) is 3.13. The molecule has 6 heteroatoms. The first kappa shape index (κ1) is 16.5. The lowest BCUT2D eigenvalue weighted by Gasteiger charge is -2.29. The van der Waals surface area contributed by atoms with Gasteiger partial charge < -0.3 is 15.0 Å². The van der Waals surface area contributed by atoms with Crippen LogP contribution in [0.3, 0.4) is 0 Å². The first-order chi connectivity index (χ1) is 12.1. The molecule has 1 aliphatic carbocycles. The van der Waals surface area contributed by atoms with E-state index in [1.54, 1.807) is 6.07 Å². The summed E-state index contributed by atoms with van der Waals surface area (Å²) in [5, 5.41) is 13.7. The molecule has 2 fully saturated rings. The molecule has 134 valence electrons. The molecule has 1 aliphatic heterocycles. The monoisotopic (exact) mass is 341 g/mol. The average molecular weight is 341 g/mol. The molecule has 1 unspecified atom stereocenters. The highest BCUT2D eigenvalue weighted by Crippen LogP contribution is 2.56. The third-order valence-electron chi connectivity index (χ3n) is 5.89. The zero-order valence-electron chi connectivity index (χ0n) is 15.1. The van der Waals surface area contributed by atoms with Crippen LogP contribution >= 0.6 is 0 Å². The fraction of sp³-hybridized carbons (Fsp3) is 0.579. The molecule has 0 aromatic carbocycles. The molecule has 1 saturated carbocycles. The molecule has 0 bridgehead atoms. The Labute approximate surface area is 148 Å². The van der Waals surface area contributed by atoms with Crippen LogP contribution in [-0.4, -0.2) is 43.7 Å². The van der Waals surface area contributed by atoms with Gasteiger partial charge in [0.25, 0.3) is 0 Å². The number of imidazole rings is 1. The summed E-state index contributed by atoms with van der Waals surface area (Å²) in [6.45, 7) is 5.65. The number of hydrogen-bond acceptors (Lipinski definition) is 5. The van der Waals surface area contributed by atoms with Gasteiger partial charge in [-0.1, -0.05) is 0 Å². The van der Waals surface area contributed by atoms with Crippen LogP contribution < -0.4 is 5.32 Å². The van der Waals surface area contributed by atoms with Crippen LogP contribution in [0.4, 0.5) is 0 Å². The number of rotatable bonds is 5. The highest BCUT2D eigenvalue weighted by atomic mass is 16.3. The number of nitrogens with zero attached hydrogens (tertiary/aromatic N) is 4. The molecule has 0 amide bonds. The fourth-order valence-corrected chi connectivity index (χ4v) is 4.22. The van der Waals surface area contributed by atoms with Crippen LogP contribution in [-0.2, 0) is 20.1 Å². The van der Waals surface area contributed by atoms with Crippen LogP contribution in [0, 0.1) is 12.3 Å². The second-order valence-electron chi connectivity index (χ2n) is 7.61. The minimum absolute atomic E-state index is 0.287. The van der Waals surface area contributed by atoms with Crippen LogP contribution in [0.15, 0.2) is 24.5 Å². The van der Waals surface area contributed by atoms with Crippen molar-refractivity contribution in [1.82, 2.24) is 24.8 Å². The van der Waals surface area contributed by atoms with E-state index in [0.717, 1.165) is 36.8 Å². The predicted octanol–water partition coefficient (Wildman–Crippen LogP) is 1.97. The zero-order chi connectivity index (χ0) is 17.4. The summed E-state index contributed by atoms with van der Waals surface area (Å²) in [4.78, 5) is 11.6. The summed E-state index contributed by atoms with van der Waals surface area (Å²) in [5.41, 5.74) is 2.15. The summed E-state index contributed by atoms with van der Waals surface area (Å²) in [6, 6.07) is 4.16. The van der Waals surface area contributed by atoms with Gasteiger partial charge in [-0.3, -0.25) is 9.88 Å². The van der Waals surface area contributed by atoms with Crippen molar-refractivity contribution in [2.45, 2.75) is 45.3 Å². The van der Waals surface area contributed by atoms with Crippen molar-refractivity contribution in [2.24, 2.45) is 12.5 Å². The summed E-state index contributed by atoms with van der Waals surface area (Å²) in [7, 11) is 2.04. The Morgan fingerprint density at radius 2 is 2.12 bits per heavy atom. The molecule has 25 heavy (non-hydrogen) atoms. The Bertz CT molecular complexity index is 750. The molecule has 2 N–H and O–H groups in total. The Kier molecular flexibility index (Phi) is 4.25. The highest BCUT2D eigenvalue weighted by Gasteiger charge is 2.56. The lowest BCUT2D eigenvalue weighted by Crippen LogP contribution is -2.36. The maximum absolute atomic E-state index is 10.2. The summed E-state index contributed by atoms with van der Waals surface area (Å²) < 4.78 is 2.08. The van der Waals surface area contributed by atoms with Gasteiger partial charge in [-0.2, -0.15) is 0 Å². The number of piperidine rings is 1. The molecular weight excluding hydrogens is 314 g/mol. The van der Waals surface area contributed by atoms with Gasteiger partial charge in [-0.15, -0.1) is 0 Å². The molecule has 0 radical (unpaired) electrons. The van der Waals surface area contributed by atoms with E-state index in [0.29, 0.717) is 18.0 Å². The molecule has 3 heterocycles. The summed E-state index contributed by atoms with van der Waals surface area (Å²) in [5.74, 6) is 1.35. The number of pyridine rings is 1. The van der Waals surface area contributed by atoms with Crippen molar-refractivity contribution in [2.75, 3.05) is 13.1 Å². The molecule has 2 aromatic rings. The van der Waals surface area contributed by atoms with Crippen molar-refractivity contribution >= 4 is 0 Å². The lowest BCUT2D eigenvalue weighted by molar-refractivity contribution is 0.179. The molecule has 1 spiro atoms. The molecule has 1 saturated heterocycles. The van der Waals surface area contributed by atoms with E-state index in [1.807, 2.05) is 32.4 Å². The van der Waals surface area contributed by atoms with Crippen LogP contribution in [0.2, 0.25) is 0 Å². The van der Waals surface area contributed by atoms with E-state index in [-0.39, 0.29) is 5.75 Å². The predicted molar refractivity (Wildman–Crippen MR) is 96.0 cm³/mol. The van der Waals surface area contributed by atoms with E-state index in [4.69, 9.17) is 0 Å². The minimum atomic E-state index is 0.287. The highest BCUT2D eigenvalue weighted by molar-refractivity contribution is 5.28. The minimum Gasteiger partial charge on any atom is -0.506 e. The molecule has 4 rings (SSSR count). The fourth-order valence-electron chi connectivity index (χ4n) is 4.22. The Morgan fingerprint density at radius 1 is 1.32 bits per heavy atom. The van der Waals surface area contributed by atoms with Crippen molar-refractivity contribution < 1.29 is 5.11 Å². The van der Waals surface area contributed by atoms with Gasteiger partial charge in [0.05, 0.1) is 12.2 Å². The van der Waals surface area contributed by atoms with Gasteiger partial charge in [0.15, 0.2) is 0 Å². The third kappa shape index (κ3) is 3.28. The van der Waals surface area contributed by atoms with Gasteiger partial charge in [0.2, 0.25) is 0 Å². The van der Waals surface area contributed by atoms with Crippen LogP contribution in [0.1, 0.15) is 36.5 Å². The largest absolute Gasteiger partial charge is 0.506 e. The first-order valence-corrected chi connectivity index (χ1v) is 9.14. The van der Waals surface area contributed by atoms with Crippen LogP contribution in [0.25, 0.3) is 0 Å². The Hall–Kier alpha value is -1.92. The lowest BCUT2D eigenvalue weighted by atomic mass is 9.93. The molecule has 2 aromatic heterocycles. The Balaban J connectivity index is 1.58. The second-order valence-corrected chi connectivity index (χ2v) is 7.61. The molecular formula is C19H27N5O. The quantitative estimate of drug-likeness (QED) is 0.870. The molecule has 6 nitrogen and oxygen atoms in total. The van der Waals surface area contributed by atoms with E-state index in [1.165, 1.54) is 19.3 Å². The van der Waals surface area contributed by atoms with Gasteiger partial charge in [0.1, 0.15) is 11.6 Å². The van der Waals surface area contributed by atoms with Crippen LogP contribution in [0.5, 0.6) is 5.75 Å². The second kappa shape index (κ2) is 6.42. The van der Waals surface area contributed by atoms with E-state index < -0.39 is 0 Å². The SMILES string of the molecule is Cc1ccc(O)c(CN(Cc2nccn2C)C2CC23CCNCC3)n1. The van der Waals surface area contributed by atoms with Crippen molar-refractivity contribution in [3.63, 3.8) is 0 Å². The standard InChI is InChI=1S/C19H27N5O/c1-14-3-4-16(25)15(22-14)12-24(13-18-21-9-10-23(18)2)17-11-19(17)5-7-20-8-6-19/h3-4,9-10,17,20,25H,5-8,11-13H2,1-2H3. The van der Waals surface area contributed by atoms with Crippen molar-refractivity contribution in [3.05, 3.63) is 41.7 Å². The van der Waals surface area contributed by atoms with Crippen molar-refractivity contribution in [3.8, 4) is 5.75 Å². The first-order valence-electron chi connectivity index (χ1n) is 9.14. The topological polar surface area (TPSA) is 66.2 Å². The number of hydrogen-bond donors (Lipinski definition) is 2. The van der Waals surface area contributed by atoms with Gasteiger partial charge in [0, 0.05) is 37.7 Å². The van der Waals surface area contributed by atoms with E-state index in [2.05, 4.69) is 24.8 Å². The van der Waals surface area contributed by atoms with Crippen molar-refractivity contribution in [1.29, 1.82) is 0 Å².